The van der Waals surface area contributed by atoms with E-state index in [2.05, 4.69) is 33.5 Å². The maximum absolute atomic E-state index is 12.6. The Hall–Kier alpha value is -1.72. The van der Waals surface area contributed by atoms with Gasteiger partial charge in [0.05, 0.1) is 21.3 Å². The van der Waals surface area contributed by atoms with Crippen LogP contribution in [0.15, 0.2) is 41.8 Å². The van der Waals surface area contributed by atoms with E-state index in [1.54, 1.807) is 22.7 Å². The van der Waals surface area contributed by atoms with Crippen molar-refractivity contribution in [3.8, 4) is 0 Å². The first-order chi connectivity index (χ1) is 11.3. The second-order valence-electron chi connectivity index (χ2n) is 5.84. The Balaban J connectivity index is 1.43. The van der Waals surface area contributed by atoms with E-state index in [4.69, 9.17) is 0 Å². The zero-order valence-electron chi connectivity index (χ0n) is 12.8. The van der Waals surface area contributed by atoms with Gasteiger partial charge in [0, 0.05) is 24.3 Å². The van der Waals surface area contributed by atoms with Crippen molar-refractivity contribution in [1.82, 2.24) is 9.88 Å². The molecule has 23 heavy (non-hydrogen) atoms. The van der Waals surface area contributed by atoms with Crippen molar-refractivity contribution in [3.05, 3.63) is 51.7 Å². The molecule has 1 aliphatic heterocycles. The van der Waals surface area contributed by atoms with Gasteiger partial charge in [-0.2, -0.15) is 0 Å². The SMILES string of the molecule is O=C(CCc1nc2ccccc2s1)N1CCC[C@H]1c1cccs1. The van der Waals surface area contributed by atoms with E-state index in [1.807, 2.05) is 18.2 Å². The van der Waals surface area contributed by atoms with Crippen molar-refractivity contribution in [2.75, 3.05) is 6.54 Å². The number of carbonyl (C=O) groups is 1. The number of benzene rings is 1. The van der Waals surface area contributed by atoms with Gasteiger partial charge in [0.2, 0.25) is 5.91 Å². The normalized spacial score (nSPS) is 17.9. The Labute approximate surface area is 143 Å². The Morgan fingerprint density at radius 3 is 3.00 bits per heavy atom. The lowest BCUT2D eigenvalue weighted by molar-refractivity contribution is -0.132. The van der Waals surface area contributed by atoms with Crippen molar-refractivity contribution < 1.29 is 4.79 Å². The third kappa shape index (κ3) is 3.03. The first-order valence-corrected chi connectivity index (χ1v) is 9.68. The van der Waals surface area contributed by atoms with Gasteiger partial charge >= 0.3 is 0 Å². The fraction of sp³-hybridized carbons (Fsp3) is 0.333. The molecule has 2 aromatic heterocycles. The van der Waals surface area contributed by atoms with Gasteiger partial charge in [-0.25, -0.2) is 4.98 Å². The molecule has 0 N–H and O–H groups in total. The maximum atomic E-state index is 12.6. The van der Waals surface area contributed by atoms with Crippen LogP contribution in [0, 0.1) is 0 Å². The maximum Gasteiger partial charge on any atom is 0.223 e. The molecule has 3 heterocycles. The molecule has 5 heteroatoms. The van der Waals surface area contributed by atoms with E-state index in [1.165, 1.54) is 9.58 Å². The molecule has 1 aliphatic rings. The van der Waals surface area contributed by atoms with Crippen LogP contribution in [0.1, 0.15) is 35.2 Å². The summed E-state index contributed by atoms with van der Waals surface area (Å²) in [6, 6.07) is 12.7. The van der Waals surface area contributed by atoms with Gasteiger partial charge in [0.25, 0.3) is 0 Å². The number of hydrogen-bond acceptors (Lipinski definition) is 4. The number of thiophene rings is 1. The second-order valence-corrected chi connectivity index (χ2v) is 7.93. The van der Waals surface area contributed by atoms with Crippen LogP contribution < -0.4 is 0 Å². The van der Waals surface area contributed by atoms with Crippen LogP contribution in [0.25, 0.3) is 10.2 Å². The molecule has 0 saturated carbocycles. The van der Waals surface area contributed by atoms with Crippen molar-refractivity contribution in [3.63, 3.8) is 0 Å². The Morgan fingerprint density at radius 2 is 2.17 bits per heavy atom. The topological polar surface area (TPSA) is 33.2 Å². The lowest BCUT2D eigenvalue weighted by Gasteiger charge is -2.23. The first-order valence-electron chi connectivity index (χ1n) is 7.98. The summed E-state index contributed by atoms with van der Waals surface area (Å²) in [5, 5.41) is 3.16. The zero-order valence-corrected chi connectivity index (χ0v) is 14.4. The lowest BCUT2D eigenvalue weighted by atomic mass is 10.1. The second kappa shape index (κ2) is 6.42. The minimum atomic E-state index is 0.264. The fourth-order valence-electron chi connectivity index (χ4n) is 3.23. The van der Waals surface area contributed by atoms with Crippen molar-refractivity contribution in [1.29, 1.82) is 0 Å². The number of nitrogens with zero attached hydrogens (tertiary/aromatic N) is 2. The Bertz CT molecular complexity index is 776. The molecule has 118 valence electrons. The van der Waals surface area contributed by atoms with E-state index in [-0.39, 0.29) is 11.9 Å². The summed E-state index contributed by atoms with van der Waals surface area (Å²) in [5.74, 6) is 0.264. The predicted molar refractivity (Wildman–Crippen MR) is 95.9 cm³/mol. The number of thiazole rings is 1. The number of aromatic nitrogens is 1. The summed E-state index contributed by atoms with van der Waals surface area (Å²) in [6.07, 6.45) is 3.50. The summed E-state index contributed by atoms with van der Waals surface area (Å²) in [7, 11) is 0. The number of aryl methyl sites for hydroxylation is 1. The molecule has 1 atom stereocenters. The molecule has 1 saturated heterocycles. The molecule has 1 aromatic carbocycles. The number of carbonyl (C=O) groups excluding carboxylic acids is 1. The van der Waals surface area contributed by atoms with E-state index in [0.717, 1.165) is 36.3 Å². The van der Waals surface area contributed by atoms with Crippen molar-refractivity contribution in [2.45, 2.75) is 31.7 Å². The number of hydrogen-bond donors (Lipinski definition) is 0. The van der Waals surface area contributed by atoms with Gasteiger partial charge in [-0.15, -0.1) is 22.7 Å². The van der Waals surface area contributed by atoms with Gasteiger partial charge in [-0.1, -0.05) is 18.2 Å². The average molecular weight is 342 g/mol. The zero-order chi connectivity index (χ0) is 15.6. The molecular formula is C18H18N2OS2. The summed E-state index contributed by atoms with van der Waals surface area (Å²) in [4.78, 5) is 20.7. The summed E-state index contributed by atoms with van der Waals surface area (Å²) >= 11 is 3.46. The van der Waals surface area contributed by atoms with Crippen LogP contribution in [-0.2, 0) is 11.2 Å². The molecule has 0 unspecified atom stereocenters. The molecule has 1 amide bonds. The molecular weight excluding hydrogens is 324 g/mol. The Morgan fingerprint density at radius 1 is 1.26 bits per heavy atom. The van der Waals surface area contributed by atoms with Crippen LogP contribution in [0.2, 0.25) is 0 Å². The van der Waals surface area contributed by atoms with Gasteiger partial charge < -0.3 is 4.90 Å². The highest BCUT2D eigenvalue weighted by atomic mass is 32.1. The van der Waals surface area contributed by atoms with Crippen LogP contribution in [0.3, 0.4) is 0 Å². The van der Waals surface area contributed by atoms with Gasteiger partial charge in [0.15, 0.2) is 0 Å². The molecule has 4 rings (SSSR count). The van der Waals surface area contributed by atoms with Crippen LogP contribution >= 0.6 is 22.7 Å². The summed E-state index contributed by atoms with van der Waals surface area (Å²) in [5.41, 5.74) is 1.04. The number of likely N-dealkylation sites (tertiary alicyclic amines) is 1. The first kappa shape index (κ1) is 14.8. The smallest absolute Gasteiger partial charge is 0.223 e. The molecule has 0 bridgehead atoms. The number of fused-ring (bicyclic) bond motifs is 1. The standard InChI is InChI=1S/C18H18N2OS2/c21-18(20-11-3-6-14(20)16-8-4-12-22-16)10-9-17-19-13-5-1-2-7-15(13)23-17/h1-2,4-5,7-8,12,14H,3,6,9-11H2/t14-/m0/s1. The molecule has 1 fully saturated rings. The third-order valence-electron chi connectivity index (χ3n) is 4.34. The Kier molecular flexibility index (Phi) is 4.14. The fourth-order valence-corrected chi connectivity index (χ4v) is 5.07. The molecule has 0 radical (unpaired) electrons. The number of rotatable bonds is 4. The highest BCUT2D eigenvalue weighted by Gasteiger charge is 2.30. The lowest BCUT2D eigenvalue weighted by Crippen LogP contribution is -2.30. The highest BCUT2D eigenvalue weighted by Crippen LogP contribution is 2.35. The molecule has 3 nitrogen and oxygen atoms in total. The largest absolute Gasteiger partial charge is 0.335 e. The van der Waals surface area contributed by atoms with E-state index in [0.29, 0.717) is 6.42 Å². The average Bonchev–Trinajstić information content (AvgIpc) is 3.31. The number of para-hydroxylation sites is 1. The summed E-state index contributed by atoms with van der Waals surface area (Å²) in [6.45, 7) is 0.890. The van der Waals surface area contributed by atoms with Crippen LogP contribution in [-0.4, -0.2) is 22.3 Å². The molecule has 3 aromatic rings. The van der Waals surface area contributed by atoms with Crippen molar-refractivity contribution in [2.24, 2.45) is 0 Å². The molecule has 0 spiro atoms. The van der Waals surface area contributed by atoms with E-state index in [9.17, 15) is 4.79 Å². The van der Waals surface area contributed by atoms with Crippen molar-refractivity contribution >= 4 is 38.8 Å². The van der Waals surface area contributed by atoms with Gasteiger partial charge in [0.1, 0.15) is 0 Å². The minimum absolute atomic E-state index is 0.264. The van der Waals surface area contributed by atoms with E-state index < -0.39 is 0 Å². The van der Waals surface area contributed by atoms with Crippen LogP contribution in [0.4, 0.5) is 0 Å². The minimum Gasteiger partial charge on any atom is -0.335 e. The third-order valence-corrected chi connectivity index (χ3v) is 6.41. The van der Waals surface area contributed by atoms with Gasteiger partial charge in [-0.05, 0) is 36.4 Å². The highest BCUT2D eigenvalue weighted by molar-refractivity contribution is 7.18. The monoisotopic (exact) mass is 342 g/mol. The quantitative estimate of drug-likeness (QED) is 0.691. The molecule has 0 aliphatic carbocycles. The van der Waals surface area contributed by atoms with Crippen LogP contribution in [0.5, 0.6) is 0 Å². The number of amides is 1. The summed E-state index contributed by atoms with van der Waals surface area (Å²) < 4.78 is 1.20. The predicted octanol–water partition coefficient (Wildman–Crippen LogP) is 4.65. The van der Waals surface area contributed by atoms with E-state index >= 15 is 0 Å². The van der Waals surface area contributed by atoms with Gasteiger partial charge in [-0.3, -0.25) is 4.79 Å².